The van der Waals surface area contributed by atoms with Crippen molar-refractivity contribution in [3.63, 3.8) is 0 Å². The fourth-order valence-electron chi connectivity index (χ4n) is 21.2. The summed E-state index contributed by atoms with van der Waals surface area (Å²) in [6, 6.07) is 56.4. The molecule has 6 aromatic rings. The molecular formula is C112H166N5O24P. The molecule has 7 fully saturated rings. The van der Waals surface area contributed by atoms with Crippen LogP contribution in [0, 0.1) is 71.0 Å². The maximum absolute atomic E-state index is 14.9. The van der Waals surface area contributed by atoms with E-state index in [1.54, 1.807) is 4.90 Å². The molecule has 16 unspecified atom stereocenters. The second-order valence-electron chi connectivity index (χ2n) is 40.6. The number of nitrogens with one attached hydrogen (secondary N) is 2. The molecule has 1 amide bonds. The van der Waals surface area contributed by atoms with Crippen LogP contribution in [0.2, 0.25) is 0 Å². The molecule has 0 spiro atoms. The number of aliphatic hydroxyl groups excluding tert-OH is 1. The summed E-state index contributed by atoms with van der Waals surface area (Å²) in [6.07, 6.45) is -15.8. The predicted octanol–water partition coefficient (Wildman–Crippen LogP) is 18.1. The number of carbonyl (C=O) groups excluding carboxylic acids is 1. The van der Waals surface area contributed by atoms with Gasteiger partial charge in [0.25, 0.3) is 7.82 Å². The second-order valence-corrected chi connectivity index (χ2v) is 42.0. The van der Waals surface area contributed by atoms with E-state index in [-0.39, 0.29) is 132 Å². The van der Waals surface area contributed by atoms with Gasteiger partial charge in [0, 0.05) is 35.5 Å². The van der Waals surface area contributed by atoms with Crippen molar-refractivity contribution >= 4 is 13.7 Å². The molecule has 0 bridgehead atoms. The number of benzene rings is 6. The van der Waals surface area contributed by atoms with Crippen LogP contribution in [-0.2, 0) is 143 Å². The Hall–Kier alpha value is -6.59. The van der Waals surface area contributed by atoms with Crippen LogP contribution in [0.3, 0.4) is 0 Å². The van der Waals surface area contributed by atoms with Crippen molar-refractivity contribution in [1.29, 1.82) is 0 Å². The Labute approximate surface area is 844 Å². The standard InChI is InChI=1S/C106H151N4O24P.C6H15N/c1-17-20-21-40-53-122-135(113,114)134-100-95(75(15)94(117-57-79-45-32-24-33-46-79)98(119-59-81-49-36-26-37-50-81)99(100)120-60-82-51-38-27-39-52-82)132-104-90(109-110-107)74(14)93(87(128-104)62-116-56-78-43-30-23-31-44-78)130-102-72(12)70(10)91(131-103-89(108-76(16)112)73(13)92(86(127-103)61-115-55-77-41-28-22-29-42-77)129-101-71(11)64(4)65(5)83(18-2)123-101)88(126-102)63-121-105-97(69(9)66(6)84(19-3)124-105)133-106-96(68(8)67(7)85(54-111)125-106)118-58-80-47-34-25-35-48-80;1-4-7(5-2)6-3/h22-39,41-52,64-75,83-106,111H,17-21,40,53-63H2,1-16H3,(H,108,112)(H,113,114);4-6H2,1-3H3/t64-,65-,66-,67-,68-,69-,70+,71?,72?,73+,74+,75?,83?,84?,85?,86?,87?,88?,89?,90?,91-,92+,93-,94?,95+,96?,97?,98+,99?,100-,101+,102+,103-,104+,105-,106+;/m0./s1. The number of hydrogen-bond donors (Lipinski definition) is 3. The molecule has 6 heterocycles. The summed E-state index contributed by atoms with van der Waals surface area (Å²) in [4.78, 5) is 34.1. The van der Waals surface area contributed by atoms with E-state index in [0.29, 0.717) is 12.8 Å². The van der Waals surface area contributed by atoms with Gasteiger partial charge in [0.1, 0.15) is 48.8 Å². The second kappa shape index (κ2) is 57.3. The quantitative estimate of drug-likeness (QED) is 0.0105. The molecule has 142 heavy (non-hydrogen) atoms. The summed E-state index contributed by atoms with van der Waals surface area (Å²) in [5, 5.41) is 18.8. The monoisotopic (exact) mass is 2000 g/mol. The molecule has 1 aliphatic carbocycles. The number of azide groups is 1. The predicted molar refractivity (Wildman–Crippen MR) is 538 cm³/mol. The number of quaternary nitrogens is 1. The number of phosphoric acid groups is 1. The third-order valence-corrected chi connectivity index (χ3v) is 32.2. The molecular weight excluding hydrogens is 1830 g/mol. The van der Waals surface area contributed by atoms with E-state index >= 15 is 0 Å². The average molecular weight is 2000 g/mol. The molecule has 6 aromatic carbocycles. The third kappa shape index (κ3) is 31.1. The van der Waals surface area contributed by atoms with Gasteiger partial charge in [0.15, 0.2) is 37.7 Å². The van der Waals surface area contributed by atoms with Crippen LogP contribution in [-0.4, -0.2) is 211 Å². The van der Waals surface area contributed by atoms with Crippen LogP contribution >= 0.6 is 7.82 Å². The van der Waals surface area contributed by atoms with Crippen molar-refractivity contribution in [3.05, 3.63) is 226 Å². The molecule has 6 saturated heterocycles. The van der Waals surface area contributed by atoms with Crippen LogP contribution in [0.15, 0.2) is 187 Å². The fourth-order valence-corrected chi connectivity index (χ4v) is 22.2. The van der Waals surface area contributed by atoms with Crippen LogP contribution in [0.4, 0.5) is 0 Å². The molecule has 6 aliphatic heterocycles. The molecule has 0 aromatic heterocycles. The summed E-state index contributed by atoms with van der Waals surface area (Å²) in [7, 11) is -5.28. The van der Waals surface area contributed by atoms with E-state index in [1.165, 1.54) is 26.6 Å². The first-order valence-electron chi connectivity index (χ1n) is 52.7. The number of unbranched alkanes of at least 4 members (excludes halogenated alkanes) is 3. The van der Waals surface area contributed by atoms with Gasteiger partial charge in [0.2, 0.25) is 5.91 Å². The van der Waals surface area contributed by atoms with E-state index in [2.05, 4.69) is 112 Å². The van der Waals surface area contributed by atoms with Crippen molar-refractivity contribution in [1.82, 2.24) is 5.32 Å². The van der Waals surface area contributed by atoms with Crippen LogP contribution < -0.4 is 15.1 Å². The smallest absolute Gasteiger partial charge is 0.268 e. The minimum absolute atomic E-state index is 0.00621. The van der Waals surface area contributed by atoms with Gasteiger partial charge < -0.3 is 115 Å². The topological polar surface area (TPSA) is 327 Å². The van der Waals surface area contributed by atoms with Gasteiger partial charge in [-0.25, -0.2) is 0 Å². The Morgan fingerprint density at radius 2 is 0.754 bits per heavy atom. The van der Waals surface area contributed by atoms with Gasteiger partial charge in [-0.15, -0.1) is 0 Å². The number of amides is 1. The number of rotatable bonds is 49. The van der Waals surface area contributed by atoms with Gasteiger partial charge >= 0.3 is 0 Å². The lowest BCUT2D eigenvalue weighted by atomic mass is 9.78. The normalized spacial score (nSPS) is 35.3. The average Bonchev–Trinajstić information content (AvgIpc) is 0.735. The highest BCUT2D eigenvalue weighted by Crippen LogP contribution is 2.51. The van der Waals surface area contributed by atoms with Crippen LogP contribution in [0.5, 0.6) is 0 Å². The third-order valence-electron chi connectivity index (χ3n) is 31.2. The van der Waals surface area contributed by atoms with Crippen molar-refractivity contribution in [2.75, 3.05) is 52.7 Å². The molecule has 1 saturated carbocycles. The van der Waals surface area contributed by atoms with E-state index in [0.717, 1.165) is 59.1 Å². The lowest BCUT2D eigenvalue weighted by molar-refractivity contribution is -0.894. The molecule has 37 atom stereocenters. The Bertz CT molecular complexity index is 4640. The minimum Gasteiger partial charge on any atom is -0.756 e. The lowest BCUT2D eigenvalue weighted by Crippen LogP contribution is -3.11. The van der Waals surface area contributed by atoms with Gasteiger partial charge in [-0.3, -0.25) is 9.36 Å². The Morgan fingerprint density at radius 1 is 0.380 bits per heavy atom. The van der Waals surface area contributed by atoms with Crippen molar-refractivity contribution in [2.45, 2.75) is 357 Å². The van der Waals surface area contributed by atoms with E-state index < -0.39 is 173 Å². The summed E-state index contributed by atoms with van der Waals surface area (Å²) in [5.41, 5.74) is 16.3. The highest BCUT2D eigenvalue weighted by molar-refractivity contribution is 7.45. The highest BCUT2D eigenvalue weighted by Gasteiger charge is 2.59. The van der Waals surface area contributed by atoms with E-state index in [9.17, 15) is 24.9 Å². The van der Waals surface area contributed by atoms with E-state index in [4.69, 9.17) is 94.3 Å². The highest BCUT2D eigenvalue weighted by atomic mass is 31.2. The maximum Gasteiger partial charge on any atom is 0.268 e. The van der Waals surface area contributed by atoms with Crippen LogP contribution in [0.1, 0.15) is 203 Å². The number of nitrogens with zero attached hydrogens (tertiary/aromatic N) is 3. The first kappa shape index (κ1) is 114. The fraction of sp³-hybridized carbons (Fsp3) is 0.670. The van der Waals surface area contributed by atoms with Gasteiger partial charge in [-0.1, -0.05) is 310 Å². The number of hydrogen-bond acceptors (Lipinski definition) is 25. The Morgan fingerprint density at radius 3 is 1.22 bits per heavy atom. The number of aliphatic hydroxyl groups is 1. The van der Waals surface area contributed by atoms with Crippen molar-refractivity contribution in [3.8, 4) is 0 Å². The zero-order chi connectivity index (χ0) is 102. The van der Waals surface area contributed by atoms with Gasteiger partial charge in [-0.05, 0) is 126 Å². The van der Waals surface area contributed by atoms with Crippen molar-refractivity contribution < 1.29 is 119 Å². The summed E-state index contributed by atoms with van der Waals surface area (Å²) in [6.45, 7) is 43.6. The molecule has 3 N–H and O–H groups in total. The first-order valence-corrected chi connectivity index (χ1v) is 54.2. The zero-order valence-electron chi connectivity index (χ0n) is 87.4. The molecule has 7 aliphatic rings. The molecule has 788 valence electrons. The minimum atomic E-state index is -5.28. The molecule has 29 nitrogen and oxygen atoms in total. The largest absolute Gasteiger partial charge is 0.756 e. The van der Waals surface area contributed by atoms with Gasteiger partial charge in [-0.2, -0.15) is 0 Å². The number of phosphoric ester groups is 1. The van der Waals surface area contributed by atoms with Gasteiger partial charge in [0.05, 0.1) is 153 Å². The first-order chi connectivity index (χ1) is 68.6. The summed E-state index contributed by atoms with van der Waals surface area (Å²) >= 11 is 0. The van der Waals surface area contributed by atoms with E-state index in [1.807, 2.05) is 210 Å². The SMILES string of the molecule is CCCCCCOP(=O)([O-])O[C@@H]1C(OCc2ccccc2)[C@H](OCc2ccccc2)C(OCc2ccccc2)C(C)[C@H]1O[C@H]1OC(COCc2ccccc2)[C@@H](O[C@H]2OC(CO[C@H]3OC(CC)[C@@H](C)[C@H](C)C3O[C@H]3OC(CO)[C@@H](C)[C@H](C)C3OCc3ccccc3)[C@@H](O[C@@H]3OC(COCc4ccccc4)[C@H](O[C@H]4OC(CC)[C@@H](C)[C@H](C)C4C)[C@H](C)C3NC(C)=O)[C@H](C)C2C)[C@H](C)C1N=[N+]=[N-].CC[NH+](CC)CC. The molecule has 0 radical (unpaired) electrons. The Balaban J connectivity index is 0.00000248. The lowest BCUT2D eigenvalue weighted by Gasteiger charge is -2.53. The number of ether oxygens (including phenoxy) is 18. The summed E-state index contributed by atoms with van der Waals surface area (Å²) in [5.74, 6) is -3.42. The zero-order valence-corrected chi connectivity index (χ0v) is 88.3. The number of carbonyl (C=O) groups is 1. The summed E-state index contributed by atoms with van der Waals surface area (Å²) < 4.78 is 157. The maximum atomic E-state index is 14.9. The molecule has 13 rings (SSSR count). The molecule has 30 heteroatoms. The van der Waals surface area contributed by atoms with Crippen LogP contribution in [0.25, 0.3) is 10.4 Å². The van der Waals surface area contributed by atoms with Crippen molar-refractivity contribution in [2.24, 2.45) is 76.1 Å². The Kier molecular flexibility index (Phi) is 46.0.